The van der Waals surface area contributed by atoms with Crippen LogP contribution in [-0.2, 0) is 0 Å². The molecule has 0 bridgehead atoms. The first-order valence-corrected chi connectivity index (χ1v) is 5.60. The molecule has 0 aliphatic carbocycles. The van der Waals surface area contributed by atoms with E-state index < -0.39 is 0 Å². The molecule has 1 heterocycles. The van der Waals surface area contributed by atoms with Crippen molar-refractivity contribution < 1.29 is 4.79 Å². The van der Waals surface area contributed by atoms with Crippen LogP contribution in [0.1, 0.15) is 6.42 Å². The van der Waals surface area contributed by atoms with Crippen LogP contribution in [0.4, 0.5) is 10.5 Å². The van der Waals surface area contributed by atoms with E-state index in [0.29, 0.717) is 23.8 Å². The van der Waals surface area contributed by atoms with Crippen LogP contribution in [0.15, 0.2) is 24.3 Å². The predicted molar refractivity (Wildman–Crippen MR) is 64.6 cm³/mol. The standard InChI is InChI=1S/C11H14ClN3O/c12-8-2-1-3-10(6-8)14-11(16)15-5-4-9(13)7-15/h1-3,6,9H,4-5,7,13H2,(H,14,16)/t9-/m0/s1. The average molecular weight is 240 g/mol. The minimum Gasteiger partial charge on any atom is -0.326 e. The van der Waals surface area contributed by atoms with Crippen molar-refractivity contribution in [1.82, 2.24) is 4.90 Å². The summed E-state index contributed by atoms with van der Waals surface area (Å²) in [4.78, 5) is 13.5. The summed E-state index contributed by atoms with van der Waals surface area (Å²) in [6.45, 7) is 1.33. The third kappa shape index (κ3) is 2.65. The molecular formula is C11H14ClN3O. The van der Waals surface area contributed by atoms with E-state index in [0.717, 1.165) is 6.42 Å². The van der Waals surface area contributed by atoms with Crippen LogP contribution >= 0.6 is 11.6 Å². The summed E-state index contributed by atoms with van der Waals surface area (Å²) in [5, 5.41) is 3.40. The number of rotatable bonds is 1. The van der Waals surface area contributed by atoms with E-state index >= 15 is 0 Å². The van der Waals surface area contributed by atoms with Crippen LogP contribution in [0.25, 0.3) is 0 Å². The zero-order chi connectivity index (χ0) is 11.5. The molecule has 0 aromatic heterocycles. The van der Waals surface area contributed by atoms with Gasteiger partial charge >= 0.3 is 6.03 Å². The molecule has 0 unspecified atom stereocenters. The van der Waals surface area contributed by atoms with Gasteiger partial charge in [-0.1, -0.05) is 17.7 Å². The molecule has 0 saturated carbocycles. The number of carbonyl (C=O) groups is 1. The summed E-state index contributed by atoms with van der Waals surface area (Å²) in [6, 6.07) is 7.08. The van der Waals surface area contributed by atoms with Gasteiger partial charge in [0.1, 0.15) is 0 Å². The Labute approximate surface area is 99.4 Å². The minimum absolute atomic E-state index is 0.102. The van der Waals surface area contributed by atoms with E-state index in [4.69, 9.17) is 17.3 Å². The molecule has 1 aromatic rings. The van der Waals surface area contributed by atoms with Gasteiger partial charge in [-0.2, -0.15) is 0 Å². The Hall–Kier alpha value is -1.26. The van der Waals surface area contributed by atoms with Gasteiger partial charge in [0.25, 0.3) is 0 Å². The highest BCUT2D eigenvalue weighted by molar-refractivity contribution is 6.30. The highest BCUT2D eigenvalue weighted by Crippen LogP contribution is 2.16. The number of nitrogens with one attached hydrogen (secondary N) is 1. The fourth-order valence-corrected chi connectivity index (χ4v) is 1.93. The number of nitrogens with two attached hydrogens (primary N) is 1. The maximum absolute atomic E-state index is 11.8. The van der Waals surface area contributed by atoms with Gasteiger partial charge in [0.05, 0.1) is 0 Å². The zero-order valence-electron chi connectivity index (χ0n) is 8.82. The van der Waals surface area contributed by atoms with Crippen LogP contribution in [0.2, 0.25) is 5.02 Å². The van der Waals surface area contributed by atoms with Crippen molar-refractivity contribution in [2.75, 3.05) is 18.4 Å². The van der Waals surface area contributed by atoms with E-state index in [9.17, 15) is 4.79 Å². The van der Waals surface area contributed by atoms with Crippen LogP contribution in [0.3, 0.4) is 0 Å². The molecule has 1 aliphatic heterocycles. The molecule has 1 aliphatic rings. The number of halogens is 1. The maximum atomic E-state index is 11.8. The summed E-state index contributed by atoms with van der Waals surface area (Å²) < 4.78 is 0. The van der Waals surface area contributed by atoms with Gasteiger partial charge < -0.3 is 16.0 Å². The molecule has 1 atom stereocenters. The second-order valence-corrected chi connectivity index (χ2v) is 4.37. The molecule has 86 valence electrons. The summed E-state index contributed by atoms with van der Waals surface area (Å²) >= 11 is 5.83. The van der Waals surface area contributed by atoms with Crippen molar-refractivity contribution in [3.8, 4) is 0 Å². The molecule has 5 heteroatoms. The average Bonchev–Trinajstić information content (AvgIpc) is 2.65. The van der Waals surface area contributed by atoms with Crippen molar-refractivity contribution in [2.45, 2.75) is 12.5 Å². The fraction of sp³-hybridized carbons (Fsp3) is 0.364. The number of nitrogens with zero attached hydrogens (tertiary/aromatic N) is 1. The minimum atomic E-state index is -0.116. The molecule has 2 rings (SSSR count). The van der Waals surface area contributed by atoms with E-state index in [1.807, 2.05) is 0 Å². The number of carbonyl (C=O) groups excluding carboxylic acids is 1. The zero-order valence-corrected chi connectivity index (χ0v) is 9.57. The highest BCUT2D eigenvalue weighted by atomic mass is 35.5. The number of hydrogen-bond acceptors (Lipinski definition) is 2. The first-order chi connectivity index (χ1) is 7.65. The van der Waals surface area contributed by atoms with Crippen LogP contribution in [-0.4, -0.2) is 30.1 Å². The molecule has 0 radical (unpaired) electrons. The Bertz CT molecular complexity index is 397. The summed E-state index contributed by atoms with van der Waals surface area (Å²) in [5.74, 6) is 0. The summed E-state index contributed by atoms with van der Waals surface area (Å²) in [5.41, 5.74) is 6.44. The summed E-state index contributed by atoms with van der Waals surface area (Å²) in [7, 11) is 0. The highest BCUT2D eigenvalue weighted by Gasteiger charge is 2.23. The van der Waals surface area contributed by atoms with Gasteiger partial charge in [0.15, 0.2) is 0 Å². The lowest BCUT2D eigenvalue weighted by Gasteiger charge is -2.16. The Morgan fingerprint density at radius 2 is 2.38 bits per heavy atom. The SMILES string of the molecule is N[C@H]1CCN(C(=O)Nc2cccc(Cl)c2)C1. The molecule has 1 fully saturated rings. The van der Waals surface area contributed by atoms with E-state index in [1.54, 1.807) is 29.2 Å². The fourth-order valence-electron chi connectivity index (χ4n) is 1.74. The Morgan fingerprint density at radius 3 is 3.00 bits per heavy atom. The maximum Gasteiger partial charge on any atom is 0.321 e. The number of hydrogen-bond donors (Lipinski definition) is 2. The molecular weight excluding hydrogens is 226 g/mol. The molecule has 1 saturated heterocycles. The number of amides is 2. The van der Waals surface area contributed by atoms with Crippen LogP contribution < -0.4 is 11.1 Å². The van der Waals surface area contributed by atoms with Crippen molar-refractivity contribution in [1.29, 1.82) is 0 Å². The van der Waals surface area contributed by atoms with Gasteiger partial charge in [-0.15, -0.1) is 0 Å². The number of anilines is 1. The molecule has 1 aromatic carbocycles. The van der Waals surface area contributed by atoms with Crippen molar-refractivity contribution in [2.24, 2.45) is 5.73 Å². The lowest BCUT2D eigenvalue weighted by atomic mass is 10.3. The third-order valence-corrected chi connectivity index (χ3v) is 2.82. The van der Waals surface area contributed by atoms with Gasteiger partial charge in [0, 0.05) is 29.8 Å². The topological polar surface area (TPSA) is 58.4 Å². The van der Waals surface area contributed by atoms with Crippen LogP contribution in [0.5, 0.6) is 0 Å². The van der Waals surface area contributed by atoms with Crippen LogP contribution in [0, 0.1) is 0 Å². The number of urea groups is 1. The van der Waals surface area contributed by atoms with E-state index in [-0.39, 0.29) is 12.1 Å². The molecule has 0 spiro atoms. The van der Waals surface area contributed by atoms with Gasteiger partial charge in [-0.25, -0.2) is 4.79 Å². The second kappa shape index (κ2) is 4.72. The molecule has 16 heavy (non-hydrogen) atoms. The van der Waals surface area contributed by atoms with Crippen molar-refractivity contribution in [3.05, 3.63) is 29.3 Å². The second-order valence-electron chi connectivity index (χ2n) is 3.94. The quantitative estimate of drug-likeness (QED) is 0.787. The van der Waals surface area contributed by atoms with Gasteiger partial charge in [0.2, 0.25) is 0 Å². The van der Waals surface area contributed by atoms with Crippen molar-refractivity contribution >= 4 is 23.3 Å². The Kier molecular flexibility index (Phi) is 3.31. The largest absolute Gasteiger partial charge is 0.326 e. The van der Waals surface area contributed by atoms with E-state index in [1.165, 1.54) is 0 Å². The first-order valence-electron chi connectivity index (χ1n) is 5.22. The normalized spacial score (nSPS) is 19.9. The van der Waals surface area contributed by atoms with E-state index in [2.05, 4.69) is 5.32 Å². The number of benzene rings is 1. The van der Waals surface area contributed by atoms with Crippen molar-refractivity contribution in [3.63, 3.8) is 0 Å². The summed E-state index contributed by atoms with van der Waals surface area (Å²) in [6.07, 6.45) is 0.864. The predicted octanol–water partition coefficient (Wildman–Crippen LogP) is 1.90. The Balaban J connectivity index is 1.97. The Morgan fingerprint density at radius 1 is 1.56 bits per heavy atom. The third-order valence-electron chi connectivity index (χ3n) is 2.59. The van der Waals surface area contributed by atoms with Gasteiger partial charge in [-0.3, -0.25) is 0 Å². The molecule has 4 nitrogen and oxygen atoms in total. The lowest BCUT2D eigenvalue weighted by molar-refractivity contribution is 0.222. The monoisotopic (exact) mass is 239 g/mol. The number of likely N-dealkylation sites (tertiary alicyclic amines) is 1. The molecule has 3 N–H and O–H groups in total. The van der Waals surface area contributed by atoms with Gasteiger partial charge in [-0.05, 0) is 24.6 Å². The lowest BCUT2D eigenvalue weighted by Crippen LogP contribution is -2.35. The molecule has 2 amide bonds. The smallest absolute Gasteiger partial charge is 0.321 e. The first kappa shape index (κ1) is 11.2.